The number of pyridine rings is 1. The highest BCUT2D eigenvalue weighted by atomic mass is 19.4. The Kier molecular flexibility index (Phi) is 4.37. The number of halogens is 3. The number of rotatable bonds is 4. The van der Waals surface area contributed by atoms with Crippen LogP contribution < -0.4 is 5.32 Å². The highest BCUT2D eigenvalue weighted by molar-refractivity contribution is 5.37. The molecule has 0 bridgehead atoms. The molecule has 0 saturated carbocycles. The van der Waals surface area contributed by atoms with Crippen molar-refractivity contribution in [2.75, 3.05) is 5.32 Å². The van der Waals surface area contributed by atoms with E-state index in [1.165, 1.54) is 6.07 Å². The minimum absolute atomic E-state index is 0.0935. The zero-order chi connectivity index (χ0) is 13.1. The monoisotopic (exact) mass is 246 g/mol. The smallest absolute Gasteiger partial charge is 0.367 e. The van der Waals surface area contributed by atoms with Crippen molar-refractivity contribution in [1.82, 2.24) is 4.98 Å². The predicted molar refractivity (Wildman–Crippen MR) is 61.8 cm³/mol. The summed E-state index contributed by atoms with van der Waals surface area (Å²) in [6.45, 7) is 6.03. The molecule has 0 fully saturated rings. The molecular weight excluding hydrogens is 229 g/mol. The van der Waals surface area contributed by atoms with Gasteiger partial charge in [-0.1, -0.05) is 26.3 Å². The highest BCUT2D eigenvalue weighted by Gasteiger charge is 2.32. The van der Waals surface area contributed by atoms with Crippen LogP contribution in [0.1, 0.15) is 32.9 Å². The van der Waals surface area contributed by atoms with E-state index >= 15 is 0 Å². The van der Waals surface area contributed by atoms with Crippen LogP contribution in [0.2, 0.25) is 0 Å². The van der Waals surface area contributed by atoms with Gasteiger partial charge in [-0.05, 0) is 25.0 Å². The summed E-state index contributed by atoms with van der Waals surface area (Å²) in [6, 6.07) is 3.98. The summed E-state index contributed by atoms with van der Waals surface area (Å²) < 4.78 is 37.3. The van der Waals surface area contributed by atoms with Gasteiger partial charge in [0, 0.05) is 6.04 Å². The van der Waals surface area contributed by atoms with Crippen molar-refractivity contribution < 1.29 is 13.2 Å². The first-order chi connectivity index (χ1) is 7.84. The Morgan fingerprint density at radius 2 is 1.94 bits per heavy atom. The zero-order valence-electron chi connectivity index (χ0n) is 10.2. The maximum atomic E-state index is 12.4. The molecule has 1 aromatic rings. The van der Waals surface area contributed by atoms with Crippen LogP contribution in [-0.2, 0) is 6.18 Å². The largest absolute Gasteiger partial charge is 0.433 e. The SMILES string of the molecule is CCC(C)C(C)Nc1cccc(C(F)(F)F)n1. The molecule has 1 rings (SSSR count). The summed E-state index contributed by atoms with van der Waals surface area (Å²) in [5, 5.41) is 2.99. The van der Waals surface area contributed by atoms with E-state index < -0.39 is 11.9 Å². The van der Waals surface area contributed by atoms with E-state index in [-0.39, 0.29) is 11.9 Å². The molecule has 1 aromatic heterocycles. The van der Waals surface area contributed by atoms with Gasteiger partial charge in [0.05, 0.1) is 0 Å². The maximum Gasteiger partial charge on any atom is 0.433 e. The number of anilines is 1. The second kappa shape index (κ2) is 5.38. The third kappa shape index (κ3) is 3.91. The van der Waals surface area contributed by atoms with E-state index in [4.69, 9.17) is 0 Å². The molecule has 0 amide bonds. The molecule has 2 nitrogen and oxygen atoms in total. The van der Waals surface area contributed by atoms with E-state index in [1.807, 2.05) is 20.8 Å². The van der Waals surface area contributed by atoms with Crippen LogP contribution in [0, 0.1) is 5.92 Å². The molecule has 5 heteroatoms. The van der Waals surface area contributed by atoms with E-state index in [0.717, 1.165) is 12.5 Å². The summed E-state index contributed by atoms with van der Waals surface area (Å²) in [4.78, 5) is 3.56. The third-order valence-electron chi connectivity index (χ3n) is 2.91. The molecule has 0 spiro atoms. The lowest BCUT2D eigenvalue weighted by Crippen LogP contribution is -2.24. The third-order valence-corrected chi connectivity index (χ3v) is 2.91. The molecule has 17 heavy (non-hydrogen) atoms. The van der Waals surface area contributed by atoms with Crippen LogP contribution in [-0.4, -0.2) is 11.0 Å². The van der Waals surface area contributed by atoms with E-state index in [9.17, 15) is 13.2 Å². The van der Waals surface area contributed by atoms with Gasteiger partial charge < -0.3 is 5.32 Å². The lowest BCUT2D eigenvalue weighted by molar-refractivity contribution is -0.141. The first kappa shape index (κ1) is 13.8. The fourth-order valence-electron chi connectivity index (χ4n) is 1.40. The molecule has 0 saturated heterocycles. The summed E-state index contributed by atoms with van der Waals surface area (Å²) in [6.07, 6.45) is -3.43. The molecule has 2 unspecified atom stereocenters. The van der Waals surface area contributed by atoms with Crippen LogP contribution in [0.4, 0.5) is 19.0 Å². The molecule has 1 heterocycles. The maximum absolute atomic E-state index is 12.4. The molecule has 0 aromatic carbocycles. The lowest BCUT2D eigenvalue weighted by atomic mass is 10.0. The average Bonchev–Trinajstić information content (AvgIpc) is 2.27. The van der Waals surface area contributed by atoms with Crippen molar-refractivity contribution in [3.8, 4) is 0 Å². The van der Waals surface area contributed by atoms with Crippen molar-refractivity contribution in [2.45, 2.75) is 39.4 Å². The molecule has 1 N–H and O–H groups in total. The Morgan fingerprint density at radius 3 is 2.47 bits per heavy atom. The molecule has 0 aliphatic rings. The molecule has 96 valence electrons. The molecule has 0 radical (unpaired) electrons. The Bertz CT molecular complexity index is 363. The molecular formula is C12H17F3N2. The number of hydrogen-bond acceptors (Lipinski definition) is 2. The Labute approximate surface area is 99.3 Å². The Hall–Kier alpha value is -1.26. The first-order valence-corrected chi connectivity index (χ1v) is 5.65. The summed E-state index contributed by atoms with van der Waals surface area (Å²) in [5.74, 6) is 0.652. The predicted octanol–water partition coefficient (Wildman–Crippen LogP) is 3.95. The number of hydrogen-bond donors (Lipinski definition) is 1. The van der Waals surface area contributed by atoms with Gasteiger partial charge in [0.25, 0.3) is 0 Å². The average molecular weight is 246 g/mol. The summed E-state index contributed by atoms with van der Waals surface area (Å²) in [7, 11) is 0. The van der Waals surface area contributed by atoms with E-state index in [1.54, 1.807) is 6.07 Å². The fraction of sp³-hybridized carbons (Fsp3) is 0.583. The van der Waals surface area contributed by atoms with Crippen molar-refractivity contribution in [3.05, 3.63) is 23.9 Å². The molecule has 0 aliphatic carbocycles. The molecule has 2 atom stereocenters. The second-order valence-electron chi connectivity index (χ2n) is 4.22. The lowest BCUT2D eigenvalue weighted by Gasteiger charge is -2.20. The summed E-state index contributed by atoms with van der Waals surface area (Å²) >= 11 is 0. The number of aromatic nitrogens is 1. The number of nitrogens with zero attached hydrogens (tertiary/aromatic N) is 1. The Balaban J connectivity index is 2.79. The number of nitrogens with one attached hydrogen (secondary N) is 1. The molecule has 0 aliphatic heterocycles. The van der Waals surface area contributed by atoms with Crippen molar-refractivity contribution in [2.24, 2.45) is 5.92 Å². The van der Waals surface area contributed by atoms with Crippen LogP contribution in [0.15, 0.2) is 18.2 Å². The van der Waals surface area contributed by atoms with Gasteiger partial charge >= 0.3 is 6.18 Å². The normalized spacial score (nSPS) is 15.4. The van der Waals surface area contributed by atoms with Crippen LogP contribution in [0.25, 0.3) is 0 Å². The van der Waals surface area contributed by atoms with Crippen molar-refractivity contribution in [3.63, 3.8) is 0 Å². The van der Waals surface area contributed by atoms with Crippen molar-refractivity contribution >= 4 is 5.82 Å². The van der Waals surface area contributed by atoms with E-state index in [2.05, 4.69) is 10.3 Å². The van der Waals surface area contributed by atoms with Crippen molar-refractivity contribution in [1.29, 1.82) is 0 Å². The Morgan fingerprint density at radius 1 is 1.29 bits per heavy atom. The van der Waals surface area contributed by atoms with Crippen LogP contribution in [0.3, 0.4) is 0 Å². The van der Waals surface area contributed by atoms with Crippen LogP contribution >= 0.6 is 0 Å². The minimum atomic E-state index is -4.39. The second-order valence-corrected chi connectivity index (χ2v) is 4.22. The van der Waals surface area contributed by atoms with Gasteiger partial charge in [0.1, 0.15) is 11.5 Å². The van der Waals surface area contributed by atoms with Gasteiger partial charge in [0.15, 0.2) is 0 Å². The first-order valence-electron chi connectivity index (χ1n) is 5.65. The zero-order valence-corrected chi connectivity index (χ0v) is 10.2. The quantitative estimate of drug-likeness (QED) is 0.870. The van der Waals surface area contributed by atoms with Gasteiger partial charge in [-0.3, -0.25) is 0 Å². The van der Waals surface area contributed by atoms with E-state index in [0.29, 0.717) is 5.92 Å². The van der Waals surface area contributed by atoms with Gasteiger partial charge in [-0.2, -0.15) is 13.2 Å². The highest BCUT2D eigenvalue weighted by Crippen LogP contribution is 2.28. The number of alkyl halides is 3. The topological polar surface area (TPSA) is 24.9 Å². The minimum Gasteiger partial charge on any atom is -0.367 e. The summed E-state index contributed by atoms with van der Waals surface area (Å²) in [5.41, 5.74) is -0.862. The standard InChI is InChI=1S/C12H17F3N2/c1-4-8(2)9(3)16-11-7-5-6-10(17-11)12(13,14)15/h5-9H,4H2,1-3H3,(H,16,17). The van der Waals surface area contributed by atoms with Crippen LogP contribution in [0.5, 0.6) is 0 Å². The fourth-order valence-corrected chi connectivity index (χ4v) is 1.40. The van der Waals surface area contributed by atoms with Gasteiger partial charge in [-0.15, -0.1) is 0 Å². The van der Waals surface area contributed by atoms with Gasteiger partial charge in [-0.25, -0.2) is 4.98 Å². The van der Waals surface area contributed by atoms with Gasteiger partial charge in [0.2, 0.25) is 0 Å².